The van der Waals surface area contributed by atoms with Crippen LogP contribution < -0.4 is 28.5 Å². The van der Waals surface area contributed by atoms with E-state index in [0.717, 1.165) is 6.42 Å². The maximum atomic E-state index is 2.35. The van der Waals surface area contributed by atoms with Crippen molar-refractivity contribution in [2.75, 3.05) is 0 Å². The van der Waals surface area contributed by atoms with Gasteiger partial charge in [0.25, 0.3) is 3.01 Å². The van der Waals surface area contributed by atoms with Crippen LogP contribution >= 0.6 is 33.9 Å². The highest BCUT2D eigenvalue weighted by Gasteiger charge is 2.09. The molecule has 1 nitrogen and oxygen atoms in total. The second-order valence-corrected chi connectivity index (χ2v) is 4.50. The second kappa shape index (κ2) is 4.87. The molecule has 0 aliphatic carbocycles. The molecule has 1 aromatic heterocycles. The topological polar surface area (TPSA) is 3.88 Å². The number of hydrogen-bond donors (Lipinski definition) is 0. The molecule has 1 rings (SSSR count). The van der Waals surface area contributed by atoms with Gasteiger partial charge in [-0.25, -0.2) is 0 Å². The highest BCUT2D eigenvalue weighted by molar-refractivity contribution is 14.1. The van der Waals surface area contributed by atoms with Gasteiger partial charge in [-0.05, 0) is 0 Å². The Morgan fingerprint density at radius 2 is 2.30 bits per heavy atom. The minimum Gasteiger partial charge on any atom is -1.00 e. The van der Waals surface area contributed by atoms with Crippen molar-refractivity contribution in [3.05, 3.63) is 14.1 Å². The molecule has 0 saturated carbocycles. The van der Waals surface area contributed by atoms with Crippen LogP contribution in [0.5, 0.6) is 0 Å². The van der Waals surface area contributed by atoms with Gasteiger partial charge in [-0.15, -0.1) is 0 Å². The van der Waals surface area contributed by atoms with E-state index in [0.29, 0.717) is 0 Å². The third kappa shape index (κ3) is 2.30. The molecule has 0 bridgehead atoms. The lowest BCUT2D eigenvalue weighted by molar-refractivity contribution is -0.686. The predicted molar refractivity (Wildman–Crippen MR) is 47.6 cm³/mol. The molecule has 58 valence electrons. The van der Waals surface area contributed by atoms with E-state index in [1.807, 2.05) is 0 Å². The van der Waals surface area contributed by atoms with E-state index in [1.165, 1.54) is 8.71 Å². The average molecular weight is 381 g/mol. The summed E-state index contributed by atoms with van der Waals surface area (Å²) in [5.74, 6) is 0. The maximum absolute atomic E-state index is 2.35. The Balaban J connectivity index is 0.000000810. The third-order valence-electron chi connectivity index (χ3n) is 1.35. The van der Waals surface area contributed by atoms with Crippen LogP contribution in [0.1, 0.15) is 12.6 Å². The van der Waals surface area contributed by atoms with Crippen LogP contribution in [0.15, 0.2) is 5.38 Å². The Morgan fingerprint density at radius 1 is 1.70 bits per heavy atom. The Hall–Kier alpha value is 1.09. The van der Waals surface area contributed by atoms with Gasteiger partial charge in [0.15, 0.2) is 5.69 Å². The summed E-state index contributed by atoms with van der Waals surface area (Å²) in [6.07, 6.45) is 1.13. The van der Waals surface area contributed by atoms with Crippen LogP contribution in [0.3, 0.4) is 0 Å². The molecule has 0 atom stereocenters. The first-order chi connectivity index (χ1) is 4.25. The van der Waals surface area contributed by atoms with Gasteiger partial charge in [-0.2, -0.15) is 4.57 Å². The smallest absolute Gasteiger partial charge is 0.297 e. The van der Waals surface area contributed by atoms with Gasteiger partial charge >= 0.3 is 0 Å². The summed E-state index contributed by atoms with van der Waals surface area (Å²) in [6.45, 7) is 2.18. The van der Waals surface area contributed by atoms with Crippen molar-refractivity contribution in [1.29, 1.82) is 0 Å². The lowest BCUT2D eigenvalue weighted by Crippen LogP contribution is -3.00. The Labute approximate surface area is 96.0 Å². The van der Waals surface area contributed by atoms with Crippen LogP contribution in [0.2, 0.25) is 0 Å². The van der Waals surface area contributed by atoms with Gasteiger partial charge in [-0.3, -0.25) is 0 Å². The van der Waals surface area contributed by atoms with Crippen molar-refractivity contribution in [2.45, 2.75) is 13.3 Å². The SMILES string of the molecule is CCc1csc(I)[n+]1C.[I-]. The van der Waals surface area contributed by atoms with E-state index < -0.39 is 0 Å². The lowest BCUT2D eigenvalue weighted by Gasteiger charge is -1.84. The van der Waals surface area contributed by atoms with Crippen LogP contribution in [0, 0.1) is 3.01 Å². The molecule has 0 aliphatic heterocycles. The third-order valence-corrected chi connectivity index (χ3v) is 3.69. The summed E-state index contributed by atoms with van der Waals surface area (Å²) in [6, 6.07) is 0. The van der Waals surface area contributed by atoms with Crippen molar-refractivity contribution >= 4 is 33.9 Å². The second-order valence-electron chi connectivity index (χ2n) is 1.89. The average Bonchev–Trinajstić information content (AvgIpc) is 2.15. The number of halogens is 2. The van der Waals surface area contributed by atoms with Crippen molar-refractivity contribution in [1.82, 2.24) is 0 Å². The zero-order valence-corrected chi connectivity index (χ0v) is 11.0. The molecular weight excluding hydrogens is 372 g/mol. The quantitative estimate of drug-likeness (QED) is 0.423. The first-order valence-corrected chi connectivity index (χ1v) is 4.83. The summed E-state index contributed by atoms with van der Waals surface area (Å²) < 4.78 is 3.58. The van der Waals surface area contributed by atoms with Crippen molar-refractivity contribution in [3.63, 3.8) is 0 Å². The fourth-order valence-corrected chi connectivity index (χ4v) is 2.23. The molecule has 0 fully saturated rings. The number of aromatic nitrogens is 1. The number of aryl methyl sites for hydroxylation is 1. The molecule has 0 unspecified atom stereocenters. The van der Waals surface area contributed by atoms with Gasteiger partial charge < -0.3 is 24.0 Å². The minimum absolute atomic E-state index is 0. The molecule has 0 aliphatic rings. The van der Waals surface area contributed by atoms with E-state index in [-0.39, 0.29) is 24.0 Å². The van der Waals surface area contributed by atoms with Gasteiger partial charge in [0, 0.05) is 6.42 Å². The van der Waals surface area contributed by atoms with Crippen LogP contribution in [0.4, 0.5) is 0 Å². The van der Waals surface area contributed by atoms with Crippen LogP contribution in [-0.2, 0) is 13.5 Å². The Morgan fingerprint density at radius 3 is 2.50 bits per heavy atom. The maximum Gasteiger partial charge on any atom is 0.297 e. The number of rotatable bonds is 1. The normalized spacial score (nSPS) is 9.10. The summed E-state index contributed by atoms with van der Waals surface area (Å²) in [4.78, 5) is 0. The molecule has 0 radical (unpaired) electrons. The summed E-state index contributed by atoms with van der Waals surface area (Å²) in [5, 5.41) is 2.21. The summed E-state index contributed by atoms with van der Waals surface area (Å²) in [5.41, 5.74) is 1.42. The van der Waals surface area contributed by atoms with E-state index >= 15 is 0 Å². The molecule has 0 aromatic carbocycles. The highest BCUT2D eigenvalue weighted by atomic mass is 127. The van der Waals surface area contributed by atoms with Crippen LogP contribution in [-0.4, -0.2) is 0 Å². The highest BCUT2D eigenvalue weighted by Crippen LogP contribution is 2.08. The van der Waals surface area contributed by atoms with Gasteiger partial charge in [0.05, 0.1) is 28.0 Å². The predicted octanol–water partition coefficient (Wildman–Crippen LogP) is -1.26. The van der Waals surface area contributed by atoms with Gasteiger partial charge in [0.2, 0.25) is 0 Å². The summed E-state index contributed by atoms with van der Waals surface area (Å²) >= 11 is 4.16. The van der Waals surface area contributed by atoms with E-state index in [2.05, 4.69) is 46.5 Å². The van der Waals surface area contributed by atoms with Crippen molar-refractivity contribution < 1.29 is 28.5 Å². The van der Waals surface area contributed by atoms with E-state index in [1.54, 1.807) is 11.3 Å². The summed E-state index contributed by atoms with van der Waals surface area (Å²) in [7, 11) is 2.11. The van der Waals surface area contributed by atoms with Crippen molar-refractivity contribution in [3.8, 4) is 0 Å². The van der Waals surface area contributed by atoms with E-state index in [9.17, 15) is 0 Å². The molecule has 0 N–H and O–H groups in total. The number of nitrogens with zero attached hydrogens (tertiary/aromatic N) is 1. The molecule has 0 spiro atoms. The molecule has 0 saturated heterocycles. The first-order valence-electron chi connectivity index (χ1n) is 2.87. The van der Waals surface area contributed by atoms with E-state index in [4.69, 9.17) is 0 Å². The fourth-order valence-electron chi connectivity index (χ4n) is 0.708. The lowest BCUT2D eigenvalue weighted by atomic mass is 10.4. The molecule has 10 heavy (non-hydrogen) atoms. The Bertz CT molecular complexity index is 210. The standard InChI is InChI=1S/C6H9INS.HI/c1-3-5-4-9-6(7)8(5)2;/h4H,3H2,1-2H3;1H/q+1;/p-1. The van der Waals surface area contributed by atoms with Crippen LogP contribution in [0.25, 0.3) is 0 Å². The zero-order chi connectivity index (χ0) is 6.85. The number of hydrogen-bond acceptors (Lipinski definition) is 1. The minimum atomic E-state index is 0. The molecule has 0 amide bonds. The first kappa shape index (κ1) is 11.1. The zero-order valence-electron chi connectivity index (χ0n) is 5.90. The van der Waals surface area contributed by atoms with Gasteiger partial charge in [-0.1, -0.05) is 18.3 Å². The molecule has 4 heteroatoms. The molecule has 1 aromatic rings. The molecule has 1 heterocycles. The molecular formula is C6H9I2NS. The Kier molecular flexibility index (Phi) is 5.40. The van der Waals surface area contributed by atoms with Crippen molar-refractivity contribution in [2.24, 2.45) is 7.05 Å². The monoisotopic (exact) mass is 381 g/mol. The fraction of sp³-hybridized carbons (Fsp3) is 0.500. The number of thiazole rings is 1. The van der Waals surface area contributed by atoms with Gasteiger partial charge in [0.1, 0.15) is 7.05 Å². The largest absolute Gasteiger partial charge is 1.00 e.